The van der Waals surface area contributed by atoms with Crippen LogP contribution in [0.15, 0.2) is 24.3 Å². The molecule has 1 heterocycles. The summed E-state index contributed by atoms with van der Waals surface area (Å²) in [5.74, 6) is -0.958. The molecule has 0 aromatic heterocycles. The number of carboxylic acid groups (broad SMARTS) is 1. The molecule has 76 heavy (non-hydrogen) atoms. The third-order valence-corrected chi connectivity index (χ3v) is 27.1. The van der Waals surface area contributed by atoms with Crippen LogP contribution in [-0.2, 0) is 10.8 Å². The van der Waals surface area contributed by atoms with Gasteiger partial charge in [-0.3, -0.25) is 4.79 Å². The van der Waals surface area contributed by atoms with Gasteiger partial charge in [0.15, 0.2) is 0 Å². The highest BCUT2D eigenvalue weighted by molar-refractivity contribution is 6.82. The van der Waals surface area contributed by atoms with E-state index < -0.39 is 22.3 Å². The number of likely N-dealkylation sites (tertiary alicyclic amines) is 1. The van der Waals surface area contributed by atoms with Crippen molar-refractivity contribution in [2.24, 2.45) is 0 Å². The van der Waals surface area contributed by atoms with Crippen molar-refractivity contribution in [1.82, 2.24) is 4.90 Å². The van der Waals surface area contributed by atoms with Gasteiger partial charge in [0, 0.05) is 12.1 Å². The molecule has 1 aliphatic heterocycles. The van der Waals surface area contributed by atoms with Crippen molar-refractivity contribution in [2.75, 3.05) is 6.54 Å². The van der Waals surface area contributed by atoms with Crippen LogP contribution in [0.2, 0.25) is 0 Å². The zero-order chi connectivity index (χ0) is 46.4. The molecule has 29 aromatic carbocycles. The van der Waals surface area contributed by atoms with Crippen LogP contribution in [-0.4, -0.2) is 34.0 Å². The summed E-state index contributed by atoms with van der Waals surface area (Å²) >= 11 is 0. The van der Waals surface area contributed by atoms with E-state index in [-0.39, 0.29) is 11.5 Å². The van der Waals surface area contributed by atoms with Crippen LogP contribution in [0.4, 0.5) is 0 Å². The van der Waals surface area contributed by atoms with E-state index in [1.54, 1.807) is 294 Å². The number of nitrogens with zero attached hydrogens (tertiary/aromatic N) is 1. The summed E-state index contributed by atoms with van der Waals surface area (Å²) in [6.07, 6.45) is 0. The largest absolute Gasteiger partial charge is 0.478 e. The van der Waals surface area contributed by atoms with Crippen molar-refractivity contribution in [2.45, 2.75) is 30.2 Å². The number of carbonyl (C=O) groups excluding carboxylic acids is 1. The maximum Gasteiger partial charge on any atom is 0.335 e. The molecule has 0 radical (unpaired) electrons. The minimum absolute atomic E-state index is 0.0122. The SMILES string of the molecule is CC1(C)N(C(=O)c2ccc(C(=O)O)cc2)CC23c4c5c6c7c8c9c(c%10c%11c2c2c4c4c%12c5c5c6c6c8c8c%13c9c9c%10c%10c%11c%11c2c2c4c4c%12c%12c5c5c6c8c6c8c%13c9c9c%10c%10c%11c2c2c4c4c%12c5c6c5c8c9c%10c2c45)C731. The number of benzene rings is 19. The minimum Gasteiger partial charge on any atom is -0.478 e. The zero-order valence-corrected chi connectivity index (χ0v) is 39.2. The predicted octanol–water partition coefficient (Wildman–Crippen LogP) is 17.9. The van der Waals surface area contributed by atoms with Gasteiger partial charge < -0.3 is 10.0 Å². The van der Waals surface area contributed by atoms with Gasteiger partial charge in [0.25, 0.3) is 5.91 Å². The summed E-state index contributed by atoms with van der Waals surface area (Å²) in [4.78, 5) is 31.1. The van der Waals surface area contributed by atoms with Gasteiger partial charge in [-0.2, -0.15) is 0 Å². The van der Waals surface area contributed by atoms with Gasteiger partial charge in [0.2, 0.25) is 0 Å². The molecule has 4 heteroatoms. The number of carboxylic acids is 1. The molecule has 4 aliphatic carbocycles. The lowest BCUT2D eigenvalue weighted by molar-refractivity contribution is 0.0597. The van der Waals surface area contributed by atoms with Crippen molar-refractivity contribution in [3.8, 4) is 0 Å². The first kappa shape index (κ1) is 29.5. The van der Waals surface area contributed by atoms with E-state index in [0.717, 1.165) is 0 Å². The monoisotopic (exact) mass is 939 g/mol. The maximum atomic E-state index is 16.4. The fraction of sp³-hybridized carbons (Fsp3) is 0.0833. The molecule has 0 unspecified atom stereocenters. The molecule has 34 rings (SSSR count). The fourth-order valence-corrected chi connectivity index (χ4v) is 26.7. The van der Waals surface area contributed by atoms with Crippen molar-refractivity contribution in [1.29, 1.82) is 0 Å². The van der Waals surface area contributed by atoms with E-state index in [1.165, 1.54) is 43.1 Å². The Hall–Kier alpha value is -9.38. The molecule has 29 aromatic rings. The number of amides is 1. The molecule has 0 atom stereocenters. The Balaban J connectivity index is 1.06. The second kappa shape index (κ2) is 6.67. The molecule has 4 nitrogen and oxygen atoms in total. The Morgan fingerprint density at radius 1 is 0.303 bits per heavy atom. The highest BCUT2D eigenvalue weighted by Gasteiger charge is 2.79. The average molecular weight is 940 g/mol. The normalized spacial score (nSPS) is 22.4. The van der Waals surface area contributed by atoms with Crippen molar-refractivity contribution >= 4 is 303 Å². The lowest BCUT2D eigenvalue weighted by Gasteiger charge is -2.54. The lowest BCUT2D eigenvalue weighted by Crippen LogP contribution is -2.59. The predicted molar refractivity (Wildman–Crippen MR) is 312 cm³/mol. The highest BCUT2D eigenvalue weighted by Crippen LogP contribution is 2.87. The first-order chi connectivity index (χ1) is 37.4. The van der Waals surface area contributed by atoms with Gasteiger partial charge in [0.1, 0.15) is 0 Å². The summed E-state index contributed by atoms with van der Waals surface area (Å²) in [7, 11) is 0. The summed E-state index contributed by atoms with van der Waals surface area (Å²) in [5.41, 5.74) is 5.09. The number of carbonyl (C=O) groups is 2. The standard InChI is InChI=1S/C72H13NO3/c1-70(2)72-66-60-54-44-32-24-16-12-10-11-14-18(16)26(32)36-30-22(14)23-15(11)19-17-13(10)21-20(12)28-34(24)42-48-38(28)39-29(21)35-25(17)33-27(19)37-31(23)41-40(30)52(46(36)54)62(66)63-53(41)47(37)55-45(33)51-43(35)49(39)57-56(48)64(58(60)50(42)44)71(72,65(57)59(51)61(55)67(63)72)7-73(70)68(74)8-3-5-9(6-4-8)69(75)76/h3-6H,7H2,1-2H3,(H,75,76). The Kier molecular flexibility index (Phi) is 2.59. The first-order valence-electron chi connectivity index (χ1n) is 27.8. The van der Waals surface area contributed by atoms with E-state index in [4.69, 9.17) is 0 Å². The number of hydrogen-bond donors (Lipinski definition) is 1. The molecule has 1 fully saturated rings. The molecule has 1 saturated heterocycles. The van der Waals surface area contributed by atoms with Gasteiger partial charge in [-0.1, -0.05) is 0 Å². The number of rotatable bonds is 2. The molecular weight excluding hydrogens is 927 g/mol. The average Bonchev–Trinajstić information content (AvgIpc) is 1.55. The van der Waals surface area contributed by atoms with Crippen LogP contribution < -0.4 is 0 Å². The Morgan fingerprint density at radius 2 is 0.487 bits per heavy atom. The van der Waals surface area contributed by atoms with Gasteiger partial charge in [-0.15, -0.1) is 0 Å². The topological polar surface area (TPSA) is 57.6 Å². The molecule has 0 saturated carbocycles. The summed E-state index contributed by atoms with van der Waals surface area (Å²) < 4.78 is 0. The molecule has 1 amide bonds. The van der Waals surface area contributed by atoms with E-state index in [0.29, 0.717) is 12.1 Å². The third-order valence-electron chi connectivity index (χ3n) is 27.1. The van der Waals surface area contributed by atoms with Crippen molar-refractivity contribution in [3.05, 3.63) is 57.6 Å². The Labute approximate surface area is 414 Å². The van der Waals surface area contributed by atoms with Gasteiger partial charge in [-0.25, -0.2) is 4.79 Å². The number of hydrogen-bond acceptors (Lipinski definition) is 2. The van der Waals surface area contributed by atoms with E-state index >= 15 is 4.79 Å². The molecule has 1 N–H and O–H groups in total. The third kappa shape index (κ3) is 1.59. The quantitative estimate of drug-likeness (QED) is 0.176. The second-order valence-corrected chi connectivity index (χ2v) is 27.7. The van der Waals surface area contributed by atoms with Crippen LogP contribution in [0, 0.1) is 0 Å². The summed E-state index contributed by atoms with van der Waals surface area (Å²) in [5, 5.41) is 94.9. The number of aromatic carboxylic acids is 1. The van der Waals surface area contributed by atoms with Crippen LogP contribution in [0.25, 0.3) is 291 Å². The van der Waals surface area contributed by atoms with Crippen LogP contribution >= 0.6 is 0 Å². The highest BCUT2D eigenvalue weighted by atomic mass is 16.4. The molecule has 0 bridgehead atoms. The molecule has 5 aliphatic rings. The van der Waals surface area contributed by atoms with Crippen molar-refractivity contribution < 1.29 is 14.7 Å². The fourth-order valence-electron chi connectivity index (χ4n) is 26.7. The van der Waals surface area contributed by atoms with Crippen LogP contribution in [0.1, 0.15) is 56.8 Å². The van der Waals surface area contributed by atoms with Crippen LogP contribution in [0.5, 0.6) is 0 Å². The van der Waals surface area contributed by atoms with E-state index in [1.807, 2.05) is 0 Å². The molecule has 324 valence electrons. The molecular formula is C72H13NO3. The second-order valence-electron chi connectivity index (χ2n) is 27.7. The Bertz CT molecular complexity index is 7540. The van der Waals surface area contributed by atoms with Crippen molar-refractivity contribution in [3.63, 3.8) is 0 Å². The molecule has 2 spiro atoms. The smallest absolute Gasteiger partial charge is 0.335 e. The van der Waals surface area contributed by atoms with Gasteiger partial charge >= 0.3 is 5.97 Å². The lowest BCUT2D eigenvalue weighted by atomic mass is 9.45. The van der Waals surface area contributed by atoms with Gasteiger partial charge in [-0.05, 0) is 351 Å². The Morgan fingerprint density at radius 3 is 0.697 bits per heavy atom. The van der Waals surface area contributed by atoms with Crippen LogP contribution in [0.3, 0.4) is 0 Å². The summed E-state index contributed by atoms with van der Waals surface area (Å²) in [6.45, 7) is 5.57. The summed E-state index contributed by atoms with van der Waals surface area (Å²) in [6, 6.07) is 6.88. The maximum absolute atomic E-state index is 16.4. The van der Waals surface area contributed by atoms with E-state index in [2.05, 4.69) is 18.7 Å². The minimum atomic E-state index is -0.970. The van der Waals surface area contributed by atoms with E-state index in [9.17, 15) is 9.90 Å². The first-order valence-corrected chi connectivity index (χ1v) is 27.8. The van der Waals surface area contributed by atoms with Gasteiger partial charge in [0.05, 0.1) is 21.9 Å². The zero-order valence-electron chi connectivity index (χ0n) is 39.2.